The molecule has 3 rings (SSSR count). The Labute approximate surface area is 280 Å². The van der Waals surface area contributed by atoms with Crippen molar-refractivity contribution in [1.29, 1.82) is 0 Å². The summed E-state index contributed by atoms with van der Waals surface area (Å²) >= 11 is 0. The maximum atomic E-state index is 12.3. The molecule has 0 saturated carbocycles. The molecule has 0 N–H and O–H groups in total. The predicted molar refractivity (Wildman–Crippen MR) is 178 cm³/mol. The number of hydrogen-bond donors (Lipinski definition) is 0. The number of hydrogen-bond acceptors (Lipinski definition) is 12. The van der Waals surface area contributed by atoms with Crippen molar-refractivity contribution in [2.24, 2.45) is 7.05 Å². The van der Waals surface area contributed by atoms with E-state index in [2.05, 4.69) is 0 Å². The van der Waals surface area contributed by atoms with Crippen LogP contribution in [0.3, 0.4) is 0 Å². The predicted octanol–water partition coefficient (Wildman–Crippen LogP) is 2.75. The Morgan fingerprint density at radius 2 is 1.02 bits per heavy atom. The number of aromatic nitrogens is 1. The van der Waals surface area contributed by atoms with Crippen molar-refractivity contribution < 1.29 is 52.2 Å². The second kappa shape index (κ2) is 18.5. The lowest BCUT2D eigenvalue weighted by Gasteiger charge is -2.26. The van der Waals surface area contributed by atoms with Crippen LogP contribution >= 0.6 is 0 Å². The lowest BCUT2D eigenvalue weighted by atomic mass is 10.1. The number of benzene rings is 2. The maximum absolute atomic E-state index is 12.3. The topological polar surface area (TPSA) is 134 Å². The summed E-state index contributed by atoms with van der Waals surface area (Å²) in [5.41, 5.74) is 3.64. The van der Waals surface area contributed by atoms with E-state index in [9.17, 15) is 19.2 Å². The van der Waals surface area contributed by atoms with E-state index in [1.54, 1.807) is 24.3 Å². The van der Waals surface area contributed by atoms with Gasteiger partial charge in [-0.3, -0.25) is 19.2 Å². The lowest BCUT2D eigenvalue weighted by molar-refractivity contribution is -0.671. The molecule has 3 aromatic rings. The molecule has 0 aliphatic carbocycles. The summed E-state index contributed by atoms with van der Waals surface area (Å²) in [6.45, 7) is 1.15. The number of nitrogens with zero attached hydrogens (tertiary/aromatic N) is 3. The van der Waals surface area contributed by atoms with Crippen LogP contribution in [0.15, 0.2) is 60.9 Å². The molecule has 0 aliphatic heterocycles. The average Bonchev–Trinajstić information content (AvgIpc) is 3.09. The molecule has 0 unspecified atom stereocenters. The first-order valence-corrected chi connectivity index (χ1v) is 15.0. The molecule has 256 valence electrons. The molecule has 0 spiro atoms. The normalized spacial score (nSPS) is 10.6. The summed E-state index contributed by atoms with van der Waals surface area (Å²) in [6, 6.07) is 14.7. The molecule has 13 nitrogen and oxygen atoms in total. The van der Waals surface area contributed by atoms with Crippen LogP contribution in [0.4, 0.5) is 11.4 Å². The number of carbonyl (C=O) groups excluding carboxylic acids is 4. The molecule has 0 fully saturated rings. The number of pyridine rings is 1. The van der Waals surface area contributed by atoms with Crippen LogP contribution in [-0.4, -0.2) is 91.7 Å². The van der Waals surface area contributed by atoms with Crippen LogP contribution in [0.1, 0.15) is 16.7 Å². The first-order chi connectivity index (χ1) is 23.1. The highest BCUT2D eigenvalue weighted by Gasteiger charge is 2.22. The molecular weight excluding hydrogens is 622 g/mol. The molecule has 2 aromatic carbocycles. The highest BCUT2D eigenvalue weighted by Crippen LogP contribution is 2.32. The lowest BCUT2D eigenvalue weighted by Crippen LogP contribution is -2.36. The molecule has 0 aliphatic rings. The molecule has 13 heteroatoms. The third kappa shape index (κ3) is 11.3. The Bertz CT molecular complexity index is 1550. The monoisotopic (exact) mass is 664 g/mol. The number of ether oxygens (including phenoxy) is 6. The number of methoxy groups -OCH3 is 4. The van der Waals surface area contributed by atoms with Gasteiger partial charge in [-0.2, -0.15) is 0 Å². The molecule has 1 aromatic heterocycles. The van der Waals surface area contributed by atoms with E-state index in [1.807, 2.05) is 67.3 Å². The first-order valence-electron chi connectivity index (χ1n) is 15.0. The summed E-state index contributed by atoms with van der Waals surface area (Å²) in [7, 11) is 7.00. The average molecular weight is 665 g/mol. The van der Waals surface area contributed by atoms with Crippen LogP contribution in [0, 0.1) is 6.92 Å². The summed E-state index contributed by atoms with van der Waals surface area (Å²) in [6.07, 6.45) is 7.76. The summed E-state index contributed by atoms with van der Waals surface area (Å²) in [5.74, 6) is -1.39. The highest BCUT2D eigenvalue weighted by atomic mass is 16.5. The van der Waals surface area contributed by atoms with Crippen LogP contribution < -0.4 is 23.8 Å². The minimum absolute atomic E-state index is 0.0566. The van der Waals surface area contributed by atoms with Gasteiger partial charge >= 0.3 is 23.9 Å². The fraction of sp³-hybridized carbons (Fsp3) is 0.343. The Morgan fingerprint density at radius 3 is 1.48 bits per heavy atom. The van der Waals surface area contributed by atoms with Crippen molar-refractivity contribution >= 4 is 47.4 Å². The number of aryl methyl sites for hydroxylation is 2. The van der Waals surface area contributed by atoms with Gasteiger partial charge in [-0.1, -0.05) is 24.3 Å². The fourth-order valence-electron chi connectivity index (χ4n) is 4.46. The number of esters is 4. The number of anilines is 2. The van der Waals surface area contributed by atoms with Gasteiger partial charge in [0.05, 0.1) is 39.8 Å². The van der Waals surface area contributed by atoms with Gasteiger partial charge < -0.3 is 38.2 Å². The Morgan fingerprint density at radius 1 is 0.604 bits per heavy atom. The van der Waals surface area contributed by atoms with E-state index in [1.165, 1.54) is 38.2 Å². The van der Waals surface area contributed by atoms with E-state index in [4.69, 9.17) is 28.4 Å². The van der Waals surface area contributed by atoms with Crippen LogP contribution in [-0.2, 0) is 45.2 Å². The SMILES string of the molecule is COC(=O)CN(CC(=O)OC)c1ccc(C)cc1OCCOc1cc(/C=C/c2cc[n+](C)cc2)ccc1N(CC(=O)OC)CC(=O)OC. The van der Waals surface area contributed by atoms with E-state index in [-0.39, 0.29) is 39.4 Å². The van der Waals surface area contributed by atoms with Crippen molar-refractivity contribution in [3.8, 4) is 11.5 Å². The van der Waals surface area contributed by atoms with Crippen molar-refractivity contribution in [3.63, 3.8) is 0 Å². The first kappa shape index (κ1) is 36.9. The molecular formula is C35H42N3O10+. The number of rotatable bonds is 17. The van der Waals surface area contributed by atoms with E-state index in [0.717, 1.165) is 16.7 Å². The molecule has 1 heterocycles. The minimum Gasteiger partial charge on any atom is -0.488 e. The summed E-state index contributed by atoms with van der Waals surface area (Å²) in [5, 5.41) is 0. The maximum Gasteiger partial charge on any atom is 0.325 e. The van der Waals surface area contributed by atoms with E-state index in [0.29, 0.717) is 22.9 Å². The zero-order chi connectivity index (χ0) is 35.1. The van der Waals surface area contributed by atoms with Gasteiger partial charge in [-0.25, -0.2) is 4.57 Å². The van der Waals surface area contributed by atoms with Gasteiger partial charge in [-0.05, 0) is 47.9 Å². The third-order valence-corrected chi connectivity index (χ3v) is 7.04. The Kier molecular flexibility index (Phi) is 14.2. The zero-order valence-electron chi connectivity index (χ0n) is 28.1. The highest BCUT2D eigenvalue weighted by molar-refractivity contribution is 5.84. The van der Waals surface area contributed by atoms with Crippen molar-refractivity contribution in [3.05, 3.63) is 77.6 Å². The standard InChI is InChI=1S/C35H42N3O10/c1-25-7-11-28(37(21-32(39)43-3)22-33(40)44-4)30(19-25)47-17-18-48-31-20-27(9-8-26-13-15-36(2)16-14-26)10-12-29(31)38(23-34(41)45-5)24-35(42)46-6/h7-16,19-20H,17-18,21-24H2,1-6H3/q+1. The van der Waals surface area contributed by atoms with Crippen molar-refractivity contribution in [2.45, 2.75) is 6.92 Å². The van der Waals surface area contributed by atoms with Gasteiger partial charge in [0.2, 0.25) is 0 Å². The Balaban J connectivity index is 1.89. The Hall–Kier alpha value is -5.59. The summed E-state index contributed by atoms with van der Waals surface area (Å²) in [4.78, 5) is 51.9. The van der Waals surface area contributed by atoms with Gasteiger partial charge in [0.15, 0.2) is 12.4 Å². The van der Waals surface area contributed by atoms with Crippen molar-refractivity contribution in [2.75, 3.05) is 77.6 Å². The molecule has 0 saturated heterocycles. The quantitative estimate of drug-likeness (QED) is 0.0909. The zero-order valence-corrected chi connectivity index (χ0v) is 28.1. The molecule has 0 bridgehead atoms. The van der Waals surface area contributed by atoms with Gasteiger partial charge in [0.25, 0.3) is 0 Å². The third-order valence-electron chi connectivity index (χ3n) is 7.04. The fourth-order valence-corrected chi connectivity index (χ4v) is 4.46. The van der Waals surface area contributed by atoms with E-state index < -0.39 is 23.9 Å². The molecule has 0 atom stereocenters. The van der Waals surface area contributed by atoms with Crippen molar-refractivity contribution in [1.82, 2.24) is 0 Å². The second-order valence-corrected chi connectivity index (χ2v) is 10.5. The largest absolute Gasteiger partial charge is 0.488 e. The van der Waals surface area contributed by atoms with Crippen LogP contribution in [0.5, 0.6) is 11.5 Å². The molecule has 0 radical (unpaired) electrons. The molecule has 48 heavy (non-hydrogen) atoms. The summed E-state index contributed by atoms with van der Waals surface area (Å²) < 4.78 is 33.6. The van der Waals surface area contributed by atoms with Crippen LogP contribution in [0.25, 0.3) is 12.2 Å². The van der Waals surface area contributed by atoms with Gasteiger partial charge in [-0.15, -0.1) is 0 Å². The van der Waals surface area contributed by atoms with E-state index >= 15 is 0 Å². The molecule has 0 amide bonds. The smallest absolute Gasteiger partial charge is 0.325 e. The minimum atomic E-state index is -0.551. The van der Waals surface area contributed by atoms with Gasteiger partial charge in [0, 0.05) is 12.1 Å². The van der Waals surface area contributed by atoms with Crippen LogP contribution in [0.2, 0.25) is 0 Å². The second-order valence-electron chi connectivity index (χ2n) is 10.5. The number of carbonyl (C=O) groups is 4. The van der Waals surface area contributed by atoms with Gasteiger partial charge in [0.1, 0.15) is 57.9 Å².